The number of aromatic nitrogens is 2. The first-order valence-electron chi connectivity index (χ1n) is 9.53. The van der Waals surface area contributed by atoms with Crippen LogP contribution in [-0.4, -0.2) is 50.7 Å². The van der Waals surface area contributed by atoms with Crippen molar-refractivity contribution in [2.45, 2.75) is 25.3 Å². The zero-order valence-electron chi connectivity index (χ0n) is 16.5. The Labute approximate surface area is 173 Å². The van der Waals surface area contributed by atoms with E-state index in [4.69, 9.17) is 4.42 Å². The second-order valence-electron chi connectivity index (χ2n) is 7.08. The summed E-state index contributed by atoms with van der Waals surface area (Å²) >= 11 is 0. The van der Waals surface area contributed by atoms with Crippen LogP contribution in [0, 0.1) is 5.92 Å². The van der Waals surface area contributed by atoms with Gasteiger partial charge in [-0.3, -0.25) is 9.59 Å². The van der Waals surface area contributed by atoms with E-state index in [0.29, 0.717) is 12.1 Å². The van der Waals surface area contributed by atoms with Gasteiger partial charge in [0.05, 0.1) is 12.6 Å². The number of carbonyl (C=O) groups excluding carboxylic acids is 2. The van der Waals surface area contributed by atoms with Crippen LogP contribution in [0.25, 0.3) is 0 Å². The normalized spacial score (nSPS) is 12.8. The molecule has 3 rings (SSSR count). The molecule has 0 radical (unpaired) electrons. The number of likely N-dealkylation sites (N-methyl/N-ethyl adjacent to an activating group) is 1. The van der Waals surface area contributed by atoms with Gasteiger partial charge in [-0.25, -0.2) is 9.78 Å². The number of imidazole rings is 1. The molecule has 8 nitrogen and oxygen atoms in total. The lowest BCUT2D eigenvalue weighted by Gasteiger charge is -2.28. The topological polar surface area (TPSA) is 117 Å². The molecule has 2 aromatic heterocycles. The minimum atomic E-state index is -1.13. The zero-order chi connectivity index (χ0) is 21.5. The number of carbonyl (C=O) groups is 3. The first-order valence-corrected chi connectivity index (χ1v) is 9.53. The van der Waals surface area contributed by atoms with Gasteiger partial charge in [0.1, 0.15) is 6.04 Å². The van der Waals surface area contributed by atoms with Gasteiger partial charge in [-0.15, -0.1) is 0 Å². The van der Waals surface area contributed by atoms with E-state index in [2.05, 4.69) is 9.97 Å². The van der Waals surface area contributed by atoms with E-state index < -0.39 is 23.8 Å². The monoisotopic (exact) mass is 409 g/mol. The van der Waals surface area contributed by atoms with E-state index in [1.807, 2.05) is 30.3 Å². The van der Waals surface area contributed by atoms with Crippen molar-refractivity contribution >= 4 is 17.7 Å². The lowest BCUT2D eigenvalue weighted by atomic mass is 9.91. The van der Waals surface area contributed by atoms with Crippen LogP contribution < -0.4 is 0 Å². The van der Waals surface area contributed by atoms with Crippen molar-refractivity contribution in [3.8, 4) is 0 Å². The van der Waals surface area contributed by atoms with Gasteiger partial charge >= 0.3 is 5.97 Å². The predicted octanol–water partition coefficient (Wildman–Crippen LogP) is 2.59. The maximum Gasteiger partial charge on any atom is 0.326 e. The van der Waals surface area contributed by atoms with Crippen molar-refractivity contribution in [2.24, 2.45) is 5.92 Å². The molecule has 0 spiro atoms. The fraction of sp³-hybridized carbons (Fsp3) is 0.273. The van der Waals surface area contributed by atoms with Crippen molar-refractivity contribution in [3.05, 3.63) is 78.3 Å². The Morgan fingerprint density at radius 2 is 1.90 bits per heavy atom. The Kier molecular flexibility index (Phi) is 6.79. The second-order valence-corrected chi connectivity index (χ2v) is 7.08. The standard InChI is InChI=1S/C22H23N3O5/c1-25(18(22(28)29)12-17-13-23-14-24-17)21(27)16(10-15-6-3-2-4-7-15)11-19(26)20-8-5-9-30-20/h2-9,13-14,16,18H,10-12H2,1H3,(H,23,24)(H,28,29)/t16?,18-/m1/s1. The van der Waals surface area contributed by atoms with Crippen LogP contribution in [0.5, 0.6) is 0 Å². The number of aliphatic carboxylic acids is 1. The third-order valence-corrected chi connectivity index (χ3v) is 4.97. The Bertz CT molecular complexity index is 968. The van der Waals surface area contributed by atoms with Crippen LogP contribution >= 0.6 is 0 Å². The molecule has 2 N–H and O–H groups in total. The average Bonchev–Trinajstić information content (AvgIpc) is 3.45. The fourth-order valence-electron chi connectivity index (χ4n) is 3.34. The van der Waals surface area contributed by atoms with E-state index in [0.717, 1.165) is 5.56 Å². The number of hydrogen-bond acceptors (Lipinski definition) is 5. The molecule has 2 heterocycles. The zero-order valence-corrected chi connectivity index (χ0v) is 16.5. The first kappa shape index (κ1) is 21.0. The number of Topliss-reactive ketones (excluding diaryl/α,β-unsaturated/α-hetero) is 1. The number of rotatable bonds is 10. The van der Waals surface area contributed by atoms with Crippen LogP contribution in [0.1, 0.15) is 28.2 Å². The third kappa shape index (κ3) is 5.22. The summed E-state index contributed by atoms with van der Waals surface area (Å²) < 4.78 is 5.16. The Hall–Kier alpha value is -3.68. The molecule has 0 fully saturated rings. The molecule has 3 aromatic rings. The Morgan fingerprint density at radius 3 is 2.50 bits per heavy atom. The lowest BCUT2D eigenvalue weighted by molar-refractivity contribution is -0.150. The molecule has 156 valence electrons. The highest BCUT2D eigenvalue weighted by atomic mass is 16.4. The number of amides is 1. The summed E-state index contributed by atoms with van der Waals surface area (Å²) in [5.41, 5.74) is 1.49. The number of H-pyrrole nitrogens is 1. The Morgan fingerprint density at radius 1 is 1.13 bits per heavy atom. The molecule has 0 aliphatic carbocycles. The summed E-state index contributed by atoms with van der Waals surface area (Å²) in [6.45, 7) is 0. The summed E-state index contributed by atoms with van der Waals surface area (Å²) in [6.07, 6.45) is 4.70. The van der Waals surface area contributed by atoms with Gasteiger partial charge in [0.15, 0.2) is 11.5 Å². The number of furan rings is 1. The lowest BCUT2D eigenvalue weighted by Crippen LogP contribution is -2.47. The van der Waals surface area contributed by atoms with Gasteiger partial charge in [0, 0.05) is 37.7 Å². The van der Waals surface area contributed by atoms with Crippen molar-refractivity contribution in [2.75, 3.05) is 7.05 Å². The van der Waals surface area contributed by atoms with Gasteiger partial charge in [-0.2, -0.15) is 0 Å². The van der Waals surface area contributed by atoms with E-state index >= 15 is 0 Å². The maximum absolute atomic E-state index is 13.3. The average molecular weight is 409 g/mol. The summed E-state index contributed by atoms with van der Waals surface area (Å²) in [6, 6.07) is 11.4. The highest BCUT2D eigenvalue weighted by Crippen LogP contribution is 2.20. The van der Waals surface area contributed by atoms with Gasteiger partial charge < -0.3 is 19.4 Å². The minimum absolute atomic E-state index is 0.0814. The van der Waals surface area contributed by atoms with Gasteiger partial charge in [-0.05, 0) is 24.1 Å². The van der Waals surface area contributed by atoms with Crippen molar-refractivity contribution < 1.29 is 23.9 Å². The highest BCUT2D eigenvalue weighted by Gasteiger charge is 2.33. The number of nitrogens with zero attached hydrogens (tertiary/aromatic N) is 2. The SMILES string of the molecule is CN(C(=O)C(CC(=O)c1ccco1)Cc1ccccc1)[C@H](Cc1cnc[nH]1)C(=O)O. The quantitative estimate of drug-likeness (QED) is 0.497. The number of carboxylic acid groups (broad SMARTS) is 1. The van der Waals surface area contributed by atoms with E-state index in [9.17, 15) is 19.5 Å². The van der Waals surface area contributed by atoms with Crippen molar-refractivity contribution in [3.63, 3.8) is 0 Å². The smallest absolute Gasteiger partial charge is 0.326 e. The summed E-state index contributed by atoms with van der Waals surface area (Å²) in [5.74, 6) is -2.39. The van der Waals surface area contributed by atoms with Crippen molar-refractivity contribution in [1.29, 1.82) is 0 Å². The number of hydrogen-bond donors (Lipinski definition) is 2. The van der Waals surface area contributed by atoms with E-state index in [1.54, 1.807) is 12.1 Å². The molecule has 0 saturated carbocycles. The summed E-state index contributed by atoms with van der Waals surface area (Å²) in [5, 5.41) is 9.68. The van der Waals surface area contributed by atoms with Gasteiger partial charge in [-0.1, -0.05) is 30.3 Å². The fourth-order valence-corrected chi connectivity index (χ4v) is 3.34. The molecule has 0 bridgehead atoms. The number of carboxylic acids is 1. The molecular weight excluding hydrogens is 386 g/mol. The number of aromatic amines is 1. The third-order valence-electron chi connectivity index (χ3n) is 4.97. The van der Waals surface area contributed by atoms with Crippen LogP contribution in [0.2, 0.25) is 0 Å². The maximum atomic E-state index is 13.3. The van der Waals surface area contributed by atoms with Gasteiger partial charge in [0.2, 0.25) is 5.91 Å². The van der Waals surface area contributed by atoms with Crippen LogP contribution in [0.3, 0.4) is 0 Å². The number of benzene rings is 1. The molecule has 8 heteroatoms. The first-order chi connectivity index (χ1) is 14.5. The molecule has 2 atom stereocenters. The summed E-state index contributed by atoms with van der Waals surface area (Å²) in [4.78, 5) is 45.7. The van der Waals surface area contributed by atoms with Crippen LogP contribution in [0.15, 0.2) is 65.7 Å². The molecule has 0 aliphatic rings. The van der Waals surface area contributed by atoms with Crippen molar-refractivity contribution in [1.82, 2.24) is 14.9 Å². The number of nitrogens with one attached hydrogen (secondary N) is 1. The predicted molar refractivity (Wildman–Crippen MR) is 108 cm³/mol. The highest BCUT2D eigenvalue weighted by molar-refractivity contribution is 5.97. The summed E-state index contributed by atoms with van der Waals surface area (Å²) in [7, 11) is 1.45. The van der Waals surface area contributed by atoms with Crippen LogP contribution in [0.4, 0.5) is 0 Å². The van der Waals surface area contributed by atoms with Gasteiger partial charge in [0.25, 0.3) is 0 Å². The molecule has 30 heavy (non-hydrogen) atoms. The number of ketones is 1. The second kappa shape index (κ2) is 9.69. The molecular formula is C22H23N3O5. The molecule has 0 saturated heterocycles. The van der Waals surface area contributed by atoms with E-state index in [1.165, 1.54) is 30.7 Å². The van der Waals surface area contributed by atoms with E-state index in [-0.39, 0.29) is 24.4 Å². The molecule has 1 unspecified atom stereocenters. The molecule has 0 aliphatic heterocycles. The molecule has 1 aromatic carbocycles. The Balaban J connectivity index is 1.81. The van der Waals surface area contributed by atoms with Crippen LogP contribution in [-0.2, 0) is 22.4 Å². The molecule has 1 amide bonds. The largest absolute Gasteiger partial charge is 0.480 e. The minimum Gasteiger partial charge on any atom is -0.480 e.